The van der Waals surface area contributed by atoms with Crippen LogP contribution in [0.1, 0.15) is 32.3 Å². The second kappa shape index (κ2) is 7.85. The van der Waals surface area contributed by atoms with E-state index in [-0.39, 0.29) is 22.8 Å². The van der Waals surface area contributed by atoms with Crippen LogP contribution in [0.4, 0.5) is 5.69 Å². The number of hydrogen-bond donors (Lipinski definition) is 2. The van der Waals surface area contributed by atoms with Crippen LogP contribution < -0.4 is 10.0 Å². The van der Waals surface area contributed by atoms with Crippen molar-refractivity contribution in [2.24, 2.45) is 5.92 Å². The molecular weight excluding hydrogens is 340 g/mol. The van der Waals surface area contributed by atoms with Crippen molar-refractivity contribution < 1.29 is 13.2 Å². The summed E-state index contributed by atoms with van der Waals surface area (Å²) in [5.41, 5.74) is 1.06. The lowest BCUT2D eigenvalue weighted by Gasteiger charge is -2.16. The zero-order valence-corrected chi connectivity index (χ0v) is 15.6. The molecule has 0 bridgehead atoms. The van der Waals surface area contributed by atoms with Gasteiger partial charge in [0.25, 0.3) is 0 Å². The number of anilines is 1. The second-order valence-corrected chi connectivity index (χ2v) is 8.11. The van der Waals surface area contributed by atoms with Gasteiger partial charge in [0.1, 0.15) is 0 Å². The molecule has 7 nitrogen and oxygen atoms in total. The maximum atomic E-state index is 12.7. The molecule has 1 aromatic carbocycles. The number of aryl methyl sites for hydroxylation is 1. The van der Waals surface area contributed by atoms with Crippen molar-refractivity contribution in [3.05, 3.63) is 23.8 Å². The van der Waals surface area contributed by atoms with E-state index >= 15 is 0 Å². The van der Waals surface area contributed by atoms with Crippen LogP contribution in [0.3, 0.4) is 0 Å². The van der Waals surface area contributed by atoms with Gasteiger partial charge in [-0.05, 0) is 37.5 Å². The summed E-state index contributed by atoms with van der Waals surface area (Å²) < 4.78 is 28.1. The number of carbonyl (C=O) groups excluding carboxylic acids is 1. The van der Waals surface area contributed by atoms with Crippen molar-refractivity contribution in [2.75, 3.05) is 18.4 Å². The molecule has 136 valence electrons. The second-order valence-electron chi connectivity index (χ2n) is 6.43. The summed E-state index contributed by atoms with van der Waals surface area (Å²) in [6.45, 7) is 6.38. The SMILES string of the molecule is CCC(C)C(=O)Nc1ccc(C)c(S(=O)(=O)NC2CCN(C#N)C2)c1. The van der Waals surface area contributed by atoms with Gasteiger partial charge < -0.3 is 10.2 Å². The average Bonchev–Trinajstić information content (AvgIpc) is 3.02. The Morgan fingerprint density at radius 2 is 2.20 bits per heavy atom. The van der Waals surface area contributed by atoms with Crippen molar-refractivity contribution in [2.45, 2.75) is 44.6 Å². The summed E-state index contributed by atoms with van der Waals surface area (Å²) in [6.07, 6.45) is 3.33. The van der Waals surface area contributed by atoms with Crippen LogP contribution in [0.25, 0.3) is 0 Å². The maximum absolute atomic E-state index is 12.7. The smallest absolute Gasteiger partial charge is 0.241 e. The van der Waals surface area contributed by atoms with E-state index in [0.29, 0.717) is 37.2 Å². The molecule has 1 aromatic rings. The fourth-order valence-electron chi connectivity index (χ4n) is 2.65. The Balaban J connectivity index is 2.18. The third-order valence-corrected chi connectivity index (χ3v) is 6.12. The number of amides is 1. The molecule has 1 amide bonds. The van der Waals surface area contributed by atoms with E-state index < -0.39 is 10.0 Å². The molecule has 2 unspecified atom stereocenters. The molecule has 1 fully saturated rings. The summed E-state index contributed by atoms with van der Waals surface area (Å²) in [5, 5.41) is 11.6. The molecule has 0 saturated carbocycles. The fourth-order valence-corrected chi connectivity index (χ4v) is 4.18. The number of nitrogens with zero attached hydrogens (tertiary/aromatic N) is 2. The Kier molecular flexibility index (Phi) is 6.03. The van der Waals surface area contributed by atoms with E-state index in [0.717, 1.165) is 0 Å². The summed E-state index contributed by atoms with van der Waals surface area (Å²) in [5.74, 6) is -0.280. The Bertz CT molecular complexity index is 786. The van der Waals surface area contributed by atoms with Crippen molar-refractivity contribution in [1.29, 1.82) is 5.26 Å². The van der Waals surface area contributed by atoms with Crippen LogP contribution in [0.5, 0.6) is 0 Å². The minimum Gasteiger partial charge on any atom is -0.326 e. The molecule has 1 aliphatic rings. The largest absolute Gasteiger partial charge is 0.326 e. The number of benzene rings is 1. The van der Waals surface area contributed by atoms with E-state index in [1.807, 2.05) is 20.0 Å². The van der Waals surface area contributed by atoms with Gasteiger partial charge in [-0.3, -0.25) is 4.79 Å². The first-order chi connectivity index (χ1) is 11.8. The van der Waals surface area contributed by atoms with E-state index in [1.165, 1.54) is 11.0 Å². The number of nitrogens with one attached hydrogen (secondary N) is 2. The van der Waals surface area contributed by atoms with E-state index in [9.17, 15) is 13.2 Å². The molecule has 8 heteroatoms. The summed E-state index contributed by atoms with van der Waals surface area (Å²) in [7, 11) is -3.73. The van der Waals surface area contributed by atoms with Gasteiger partial charge >= 0.3 is 0 Å². The highest BCUT2D eigenvalue weighted by Crippen LogP contribution is 2.22. The van der Waals surface area contributed by atoms with Crippen LogP contribution >= 0.6 is 0 Å². The van der Waals surface area contributed by atoms with Crippen LogP contribution in [0.2, 0.25) is 0 Å². The Labute approximate surface area is 149 Å². The van der Waals surface area contributed by atoms with Crippen LogP contribution in [0.15, 0.2) is 23.1 Å². The predicted octanol–water partition coefficient (Wildman–Crippen LogP) is 1.81. The standard InChI is InChI=1S/C17H24N4O3S/c1-4-12(2)17(22)19-14-6-5-13(3)16(9-14)25(23,24)20-15-7-8-21(10-15)11-18/h5-6,9,12,15,20H,4,7-8,10H2,1-3H3,(H,19,22). The van der Waals surface area contributed by atoms with Gasteiger partial charge in [-0.2, -0.15) is 5.26 Å². The van der Waals surface area contributed by atoms with Crippen LogP contribution in [-0.2, 0) is 14.8 Å². The fraction of sp³-hybridized carbons (Fsp3) is 0.529. The topological polar surface area (TPSA) is 102 Å². The number of sulfonamides is 1. The first-order valence-corrected chi connectivity index (χ1v) is 9.83. The van der Waals surface area contributed by atoms with Gasteiger partial charge in [-0.15, -0.1) is 0 Å². The minimum absolute atomic E-state index is 0.136. The molecule has 0 aliphatic carbocycles. The predicted molar refractivity (Wildman–Crippen MR) is 95.2 cm³/mol. The molecule has 1 heterocycles. The van der Waals surface area contributed by atoms with Gasteiger partial charge in [0.2, 0.25) is 15.9 Å². The third-order valence-electron chi connectivity index (χ3n) is 4.46. The average molecular weight is 364 g/mol. The molecule has 1 saturated heterocycles. The highest BCUT2D eigenvalue weighted by atomic mass is 32.2. The highest BCUT2D eigenvalue weighted by Gasteiger charge is 2.28. The quantitative estimate of drug-likeness (QED) is 0.750. The molecular formula is C17H24N4O3S. The molecule has 2 rings (SSSR count). The summed E-state index contributed by atoms with van der Waals surface area (Å²) >= 11 is 0. The van der Waals surface area contributed by atoms with E-state index in [2.05, 4.69) is 10.0 Å². The molecule has 0 aromatic heterocycles. The van der Waals surface area contributed by atoms with Gasteiger partial charge in [0.05, 0.1) is 4.90 Å². The minimum atomic E-state index is -3.73. The molecule has 25 heavy (non-hydrogen) atoms. The Hall–Kier alpha value is -2.11. The first kappa shape index (κ1) is 19.2. The number of likely N-dealkylation sites (tertiary alicyclic amines) is 1. The first-order valence-electron chi connectivity index (χ1n) is 8.35. The molecule has 2 N–H and O–H groups in total. The van der Waals surface area contributed by atoms with Crippen molar-refractivity contribution in [3.8, 4) is 6.19 Å². The lowest BCUT2D eigenvalue weighted by Crippen LogP contribution is -2.36. The summed E-state index contributed by atoms with van der Waals surface area (Å²) in [6, 6.07) is 4.57. The maximum Gasteiger partial charge on any atom is 0.241 e. The highest BCUT2D eigenvalue weighted by molar-refractivity contribution is 7.89. The normalized spacial score (nSPS) is 18.6. The van der Waals surface area contributed by atoms with Crippen molar-refractivity contribution in [1.82, 2.24) is 9.62 Å². The van der Waals surface area contributed by atoms with E-state index in [4.69, 9.17) is 5.26 Å². The number of carbonyl (C=O) groups is 1. The Morgan fingerprint density at radius 3 is 2.80 bits per heavy atom. The number of nitriles is 1. The van der Waals surface area contributed by atoms with Gasteiger partial charge in [0, 0.05) is 30.7 Å². The molecule has 2 atom stereocenters. The lowest BCUT2D eigenvalue weighted by molar-refractivity contribution is -0.119. The van der Waals surface area contributed by atoms with Gasteiger partial charge in [0.15, 0.2) is 6.19 Å². The van der Waals surface area contributed by atoms with Crippen LogP contribution in [0, 0.1) is 24.3 Å². The lowest BCUT2D eigenvalue weighted by atomic mass is 10.1. The van der Waals surface area contributed by atoms with E-state index in [1.54, 1.807) is 19.1 Å². The zero-order valence-electron chi connectivity index (χ0n) is 14.7. The third kappa shape index (κ3) is 4.71. The molecule has 0 radical (unpaired) electrons. The van der Waals surface area contributed by atoms with Crippen LogP contribution in [-0.4, -0.2) is 38.4 Å². The summed E-state index contributed by atoms with van der Waals surface area (Å²) in [4.78, 5) is 13.7. The van der Waals surface area contributed by atoms with Crippen molar-refractivity contribution >= 4 is 21.6 Å². The number of rotatable bonds is 6. The zero-order chi connectivity index (χ0) is 18.6. The molecule has 0 spiro atoms. The molecule has 1 aliphatic heterocycles. The Morgan fingerprint density at radius 1 is 1.48 bits per heavy atom. The van der Waals surface area contributed by atoms with Crippen molar-refractivity contribution in [3.63, 3.8) is 0 Å². The monoisotopic (exact) mass is 364 g/mol. The van der Waals surface area contributed by atoms with Gasteiger partial charge in [-0.25, -0.2) is 13.1 Å². The number of hydrogen-bond acceptors (Lipinski definition) is 5. The van der Waals surface area contributed by atoms with Gasteiger partial charge in [-0.1, -0.05) is 19.9 Å².